The Morgan fingerprint density at radius 1 is 1.47 bits per heavy atom. The molecule has 0 saturated carbocycles. The van der Waals surface area contributed by atoms with E-state index in [1.54, 1.807) is 6.07 Å². The molecule has 1 aromatic carbocycles. The molecule has 0 radical (unpaired) electrons. The molecule has 6 nitrogen and oxygen atoms in total. The fourth-order valence-electron chi connectivity index (χ4n) is 2.34. The number of ether oxygens (including phenoxy) is 1. The minimum atomic E-state index is -3.80. The van der Waals surface area contributed by atoms with Crippen LogP contribution in [0.4, 0.5) is 11.4 Å². The second-order valence-corrected chi connectivity index (χ2v) is 6.09. The Labute approximate surface area is 113 Å². The van der Waals surface area contributed by atoms with Crippen LogP contribution in [0.15, 0.2) is 23.1 Å². The summed E-state index contributed by atoms with van der Waals surface area (Å²) < 4.78 is 28.4. The molecule has 1 aromatic rings. The van der Waals surface area contributed by atoms with Gasteiger partial charge in [0.2, 0.25) is 10.0 Å². The fourth-order valence-corrected chi connectivity index (χ4v) is 3.02. The Morgan fingerprint density at radius 2 is 2.21 bits per heavy atom. The zero-order chi connectivity index (χ0) is 14.0. The summed E-state index contributed by atoms with van der Waals surface area (Å²) in [7, 11) is -3.80. The molecule has 1 saturated heterocycles. The number of morpholine rings is 1. The lowest BCUT2D eigenvalue weighted by Crippen LogP contribution is -2.45. The second kappa shape index (κ2) is 5.36. The minimum Gasteiger partial charge on any atom is -0.396 e. The quantitative estimate of drug-likeness (QED) is 0.789. The van der Waals surface area contributed by atoms with Crippen LogP contribution < -0.4 is 15.8 Å². The van der Waals surface area contributed by atoms with Gasteiger partial charge in [0, 0.05) is 6.54 Å². The summed E-state index contributed by atoms with van der Waals surface area (Å²) >= 11 is 0. The molecule has 0 spiro atoms. The average Bonchev–Trinajstić information content (AvgIpc) is 2.37. The summed E-state index contributed by atoms with van der Waals surface area (Å²) in [6.45, 7) is 3.98. The van der Waals surface area contributed by atoms with E-state index in [2.05, 4.69) is 11.8 Å². The number of sulfonamides is 1. The van der Waals surface area contributed by atoms with E-state index in [0.717, 1.165) is 6.42 Å². The van der Waals surface area contributed by atoms with Crippen molar-refractivity contribution in [3.05, 3.63) is 18.2 Å². The van der Waals surface area contributed by atoms with Gasteiger partial charge in [-0.1, -0.05) is 13.0 Å². The molecule has 7 heteroatoms. The summed E-state index contributed by atoms with van der Waals surface area (Å²) in [6.07, 6.45) is 0.902. The van der Waals surface area contributed by atoms with E-state index < -0.39 is 10.0 Å². The van der Waals surface area contributed by atoms with Crippen molar-refractivity contribution in [3.63, 3.8) is 0 Å². The summed E-state index contributed by atoms with van der Waals surface area (Å²) in [5.74, 6) is 0. The van der Waals surface area contributed by atoms with E-state index in [1.165, 1.54) is 6.07 Å². The van der Waals surface area contributed by atoms with Gasteiger partial charge in [0.1, 0.15) is 4.90 Å². The Balaban J connectivity index is 2.45. The van der Waals surface area contributed by atoms with Gasteiger partial charge >= 0.3 is 0 Å². The Hall–Kier alpha value is -1.31. The molecule has 106 valence electrons. The molecule has 1 aliphatic rings. The molecule has 0 amide bonds. The Morgan fingerprint density at radius 3 is 2.84 bits per heavy atom. The van der Waals surface area contributed by atoms with Gasteiger partial charge in [0.25, 0.3) is 0 Å². The maximum absolute atomic E-state index is 11.5. The second-order valence-electron chi connectivity index (χ2n) is 4.56. The smallest absolute Gasteiger partial charge is 0.240 e. The van der Waals surface area contributed by atoms with Crippen LogP contribution in [0.2, 0.25) is 0 Å². The van der Waals surface area contributed by atoms with Crippen molar-refractivity contribution in [2.75, 3.05) is 30.4 Å². The van der Waals surface area contributed by atoms with Crippen LogP contribution in [-0.4, -0.2) is 34.2 Å². The monoisotopic (exact) mass is 285 g/mol. The average molecular weight is 285 g/mol. The van der Waals surface area contributed by atoms with Crippen LogP contribution in [-0.2, 0) is 14.8 Å². The van der Waals surface area contributed by atoms with Gasteiger partial charge in [-0.3, -0.25) is 0 Å². The number of para-hydroxylation sites is 1. The summed E-state index contributed by atoms with van der Waals surface area (Å²) in [5.41, 5.74) is 6.90. The Bertz CT molecular complexity index is 559. The lowest BCUT2D eigenvalue weighted by Gasteiger charge is -2.37. The van der Waals surface area contributed by atoms with E-state index in [9.17, 15) is 8.42 Å². The van der Waals surface area contributed by atoms with E-state index >= 15 is 0 Å². The standard InChI is InChI=1S/C12H19N3O3S/c1-2-9-8-18-7-6-15(9)10-4-3-5-11(12(10)13)19(14,16)17/h3-5,9H,2,6-8,13H2,1H3,(H2,14,16,17). The van der Waals surface area contributed by atoms with Crippen molar-refractivity contribution in [1.29, 1.82) is 0 Å². The third kappa shape index (κ3) is 2.83. The first-order valence-electron chi connectivity index (χ1n) is 6.20. The predicted octanol–water partition coefficient (Wildman–Crippen LogP) is 0.531. The SMILES string of the molecule is CCC1COCCN1c1cccc(S(N)(=O)=O)c1N. The summed E-state index contributed by atoms with van der Waals surface area (Å²) in [6, 6.07) is 5.10. The van der Waals surface area contributed by atoms with Gasteiger partial charge < -0.3 is 15.4 Å². The number of nitrogens with zero attached hydrogens (tertiary/aromatic N) is 1. The predicted molar refractivity (Wildman–Crippen MR) is 74.5 cm³/mol. The van der Waals surface area contributed by atoms with Crippen molar-refractivity contribution in [3.8, 4) is 0 Å². The summed E-state index contributed by atoms with van der Waals surface area (Å²) in [4.78, 5) is 2.07. The maximum atomic E-state index is 11.5. The first-order chi connectivity index (χ1) is 8.95. The molecule has 0 aromatic heterocycles. The van der Waals surface area contributed by atoms with Crippen LogP contribution in [0.5, 0.6) is 0 Å². The fraction of sp³-hybridized carbons (Fsp3) is 0.500. The molecule has 1 aliphatic heterocycles. The number of hydrogen-bond donors (Lipinski definition) is 2. The van der Waals surface area contributed by atoms with E-state index in [4.69, 9.17) is 15.6 Å². The highest BCUT2D eigenvalue weighted by atomic mass is 32.2. The number of rotatable bonds is 3. The zero-order valence-corrected chi connectivity index (χ0v) is 11.7. The van der Waals surface area contributed by atoms with Crippen molar-refractivity contribution in [1.82, 2.24) is 0 Å². The molecule has 19 heavy (non-hydrogen) atoms. The van der Waals surface area contributed by atoms with Gasteiger partial charge in [-0.15, -0.1) is 0 Å². The minimum absolute atomic E-state index is 0.0219. The molecule has 0 aliphatic carbocycles. The maximum Gasteiger partial charge on any atom is 0.240 e. The Kier molecular flexibility index (Phi) is 3.98. The number of anilines is 2. The van der Waals surface area contributed by atoms with E-state index in [1.807, 2.05) is 6.07 Å². The third-order valence-corrected chi connectivity index (χ3v) is 4.33. The highest BCUT2D eigenvalue weighted by Crippen LogP contribution is 2.31. The molecule has 1 unspecified atom stereocenters. The van der Waals surface area contributed by atoms with Crippen LogP contribution in [0.1, 0.15) is 13.3 Å². The molecule has 1 fully saturated rings. The molecule has 1 heterocycles. The van der Waals surface area contributed by atoms with Crippen LogP contribution in [0, 0.1) is 0 Å². The molecular formula is C12H19N3O3S. The van der Waals surface area contributed by atoms with E-state index in [-0.39, 0.29) is 16.6 Å². The van der Waals surface area contributed by atoms with Crippen LogP contribution in [0.25, 0.3) is 0 Å². The lowest BCUT2D eigenvalue weighted by molar-refractivity contribution is 0.0930. The third-order valence-electron chi connectivity index (χ3n) is 3.36. The van der Waals surface area contributed by atoms with Crippen molar-refractivity contribution in [2.45, 2.75) is 24.3 Å². The number of nitrogens with two attached hydrogens (primary N) is 2. The number of nitrogen functional groups attached to an aromatic ring is 1. The van der Waals surface area contributed by atoms with Gasteiger partial charge in [-0.2, -0.15) is 0 Å². The van der Waals surface area contributed by atoms with Crippen molar-refractivity contribution < 1.29 is 13.2 Å². The molecule has 0 bridgehead atoms. The highest BCUT2D eigenvalue weighted by Gasteiger charge is 2.25. The number of benzene rings is 1. The van der Waals surface area contributed by atoms with Gasteiger partial charge in [-0.05, 0) is 18.6 Å². The van der Waals surface area contributed by atoms with Crippen molar-refractivity contribution >= 4 is 21.4 Å². The normalized spacial score (nSPS) is 20.5. The number of primary sulfonamides is 1. The topological polar surface area (TPSA) is 98.6 Å². The zero-order valence-electron chi connectivity index (χ0n) is 10.9. The first kappa shape index (κ1) is 14.1. The van der Waals surface area contributed by atoms with E-state index in [0.29, 0.717) is 25.4 Å². The molecule has 2 rings (SSSR count). The van der Waals surface area contributed by atoms with Gasteiger partial charge in [0.15, 0.2) is 0 Å². The number of hydrogen-bond acceptors (Lipinski definition) is 5. The van der Waals surface area contributed by atoms with Crippen LogP contribution >= 0.6 is 0 Å². The first-order valence-corrected chi connectivity index (χ1v) is 7.75. The molecular weight excluding hydrogens is 266 g/mol. The largest absolute Gasteiger partial charge is 0.396 e. The van der Waals surface area contributed by atoms with Crippen LogP contribution in [0.3, 0.4) is 0 Å². The molecule has 1 atom stereocenters. The van der Waals surface area contributed by atoms with Gasteiger partial charge in [0.05, 0.1) is 30.6 Å². The van der Waals surface area contributed by atoms with Gasteiger partial charge in [-0.25, -0.2) is 13.6 Å². The lowest BCUT2D eigenvalue weighted by atomic mass is 10.1. The summed E-state index contributed by atoms with van der Waals surface area (Å²) in [5, 5.41) is 5.17. The highest BCUT2D eigenvalue weighted by molar-refractivity contribution is 7.89. The van der Waals surface area contributed by atoms with Crippen molar-refractivity contribution in [2.24, 2.45) is 5.14 Å². The molecule has 4 N–H and O–H groups in total.